The number of primary amides is 1. The highest BCUT2D eigenvalue weighted by atomic mass is 79.9. The van der Waals surface area contributed by atoms with E-state index in [1.54, 1.807) is 0 Å². The first-order valence-electron chi connectivity index (χ1n) is 6.97. The van der Waals surface area contributed by atoms with Crippen LogP contribution < -0.4 is 5.73 Å². The van der Waals surface area contributed by atoms with Gasteiger partial charge in [-0.2, -0.15) is 0 Å². The summed E-state index contributed by atoms with van der Waals surface area (Å²) in [5, 5.41) is 0. The van der Waals surface area contributed by atoms with Gasteiger partial charge in [-0.3, -0.25) is 9.69 Å². The van der Waals surface area contributed by atoms with Crippen LogP contribution >= 0.6 is 15.9 Å². The van der Waals surface area contributed by atoms with E-state index in [-0.39, 0.29) is 12.0 Å². The predicted molar refractivity (Wildman–Crippen MR) is 82.4 cm³/mol. The Balaban J connectivity index is 1.81. The van der Waals surface area contributed by atoms with Crippen molar-refractivity contribution in [2.24, 2.45) is 5.73 Å². The van der Waals surface area contributed by atoms with E-state index in [9.17, 15) is 4.79 Å². The van der Waals surface area contributed by atoms with Gasteiger partial charge in [-0.25, -0.2) is 0 Å². The van der Waals surface area contributed by atoms with Crippen LogP contribution in [-0.2, 0) is 16.0 Å². The molecule has 1 aliphatic rings. The number of morpholine rings is 1. The zero-order valence-electron chi connectivity index (χ0n) is 11.7. The van der Waals surface area contributed by atoms with E-state index in [1.807, 2.05) is 13.0 Å². The van der Waals surface area contributed by atoms with Crippen molar-refractivity contribution in [3.05, 3.63) is 34.3 Å². The molecule has 2 rings (SSSR count). The van der Waals surface area contributed by atoms with Gasteiger partial charge >= 0.3 is 0 Å². The lowest BCUT2D eigenvalue weighted by Crippen LogP contribution is -2.51. The van der Waals surface area contributed by atoms with Crippen molar-refractivity contribution in [3.8, 4) is 0 Å². The summed E-state index contributed by atoms with van der Waals surface area (Å²) in [6.07, 6.45) is 1.67. The largest absolute Gasteiger partial charge is 0.367 e. The first kappa shape index (κ1) is 15.5. The standard InChI is InChI=1S/C15H21BrN2O2/c1-11-9-18(10-14(20-11)15(17)19)8-4-6-12-5-2-3-7-13(12)16/h2-3,5,7,11,14H,4,6,8-10H2,1H3,(H2,17,19)/t11-,14?/m1/s1. The fourth-order valence-electron chi connectivity index (χ4n) is 2.57. The third-order valence-electron chi connectivity index (χ3n) is 3.53. The molecule has 1 saturated heterocycles. The molecular weight excluding hydrogens is 320 g/mol. The number of hydrogen-bond acceptors (Lipinski definition) is 3. The van der Waals surface area contributed by atoms with Crippen LogP contribution in [-0.4, -0.2) is 42.6 Å². The normalized spacial score (nSPS) is 23.7. The van der Waals surface area contributed by atoms with Crippen LogP contribution in [0.25, 0.3) is 0 Å². The fraction of sp³-hybridized carbons (Fsp3) is 0.533. The summed E-state index contributed by atoms with van der Waals surface area (Å²) in [4.78, 5) is 13.5. The quantitative estimate of drug-likeness (QED) is 0.891. The van der Waals surface area contributed by atoms with E-state index >= 15 is 0 Å². The molecule has 1 heterocycles. The van der Waals surface area contributed by atoms with Crippen molar-refractivity contribution in [1.82, 2.24) is 4.90 Å². The first-order chi connectivity index (χ1) is 9.56. The smallest absolute Gasteiger partial charge is 0.247 e. The molecule has 2 N–H and O–H groups in total. The molecule has 1 unspecified atom stereocenters. The Bertz CT molecular complexity index is 467. The number of amides is 1. The van der Waals surface area contributed by atoms with Gasteiger partial charge in [0.15, 0.2) is 0 Å². The lowest BCUT2D eigenvalue weighted by Gasteiger charge is -2.35. The molecule has 0 saturated carbocycles. The molecular formula is C15H21BrN2O2. The maximum Gasteiger partial charge on any atom is 0.247 e. The van der Waals surface area contributed by atoms with Crippen molar-refractivity contribution < 1.29 is 9.53 Å². The van der Waals surface area contributed by atoms with Crippen molar-refractivity contribution in [2.45, 2.75) is 32.0 Å². The van der Waals surface area contributed by atoms with Gasteiger partial charge in [-0.15, -0.1) is 0 Å². The third-order valence-corrected chi connectivity index (χ3v) is 4.31. The number of ether oxygens (including phenoxy) is 1. The Morgan fingerprint density at radius 1 is 1.45 bits per heavy atom. The number of carbonyl (C=O) groups excluding carboxylic acids is 1. The lowest BCUT2D eigenvalue weighted by molar-refractivity contribution is -0.142. The summed E-state index contributed by atoms with van der Waals surface area (Å²) < 4.78 is 6.70. The minimum absolute atomic E-state index is 0.0599. The van der Waals surface area contributed by atoms with Crippen LogP contribution in [0.2, 0.25) is 0 Å². The van der Waals surface area contributed by atoms with Gasteiger partial charge in [0.25, 0.3) is 0 Å². The number of halogens is 1. The highest BCUT2D eigenvalue weighted by molar-refractivity contribution is 9.10. The highest BCUT2D eigenvalue weighted by Gasteiger charge is 2.28. The summed E-state index contributed by atoms with van der Waals surface area (Å²) in [6, 6.07) is 8.28. The average molecular weight is 341 g/mol. The molecule has 110 valence electrons. The first-order valence-corrected chi connectivity index (χ1v) is 7.76. The second-order valence-electron chi connectivity index (χ2n) is 5.29. The second kappa shape index (κ2) is 7.20. The van der Waals surface area contributed by atoms with Crippen molar-refractivity contribution in [3.63, 3.8) is 0 Å². The SMILES string of the molecule is C[C@@H]1CN(CCCc2ccccc2Br)CC(C(N)=O)O1. The van der Waals surface area contributed by atoms with Gasteiger partial charge < -0.3 is 10.5 Å². The van der Waals surface area contributed by atoms with Gasteiger partial charge in [0.1, 0.15) is 6.10 Å². The third kappa shape index (κ3) is 4.30. The van der Waals surface area contributed by atoms with Gasteiger partial charge in [0.2, 0.25) is 5.91 Å². The van der Waals surface area contributed by atoms with E-state index in [0.717, 1.165) is 30.4 Å². The van der Waals surface area contributed by atoms with Crippen LogP contribution in [0.4, 0.5) is 0 Å². The Labute approximate surface area is 128 Å². The van der Waals surface area contributed by atoms with Crippen LogP contribution in [0.1, 0.15) is 18.9 Å². The van der Waals surface area contributed by atoms with Crippen LogP contribution in [0.15, 0.2) is 28.7 Å². The summed E-state index contributed by atoms with van der Waals surface area (Å²) in [5.74, 6) is -0.368. The molecule has 0 bridgehead atoms. The summed E-state index contributed by atoms with van der Waals surface area (Å²) >= 11 is 3.57. The van der Waals surface area contributed by atoms with Gasteiger partial charge in [-0.1, -0.05) is 34.1 Å². The fourth-order valence-corrected chi connectivity index (χ4v) is 3.06. The van der Waals surface area contributed by atoms with Crippen LogP contribution in [0.3, 0.4) is 0 Å². The minimum Gasteiger partial charge on any atom is -0.367 e. The number of hydrogen-bond donors (Lipinski definition) is 1. The molecule has 1 amide bonds. The maximum absolute atomic E-state index is 11.2. The molecule has 1 fully saturated rings. The van der Waals surface area contributed by atoms with E-state index in [0.29, 0.717) is 6.54 Å². The number of rotatable bonds is 5. The predicted octanol–water partition coefficient (Wildman–Crippen LogP) is 1.96. The molecule has 0 radical (unpaired) electrons. The Morgan fingerprint density at radius 2 is 2.20 bits per heavy atom. The Hall–Kier alpha value is -0.910. The van der Waals surface area contributed by atoms with Crippen LogP contribution in [0, 0.1) is 0 Å². The molecule has 20 heavy (non-hydrogen) atoms. The average Bonchev–Trinajstić information content (AvgIpc) is 2.40. The molecule has 0 spiro atoms. The molecule has 2 atom stereocenters. The molecule has 1 aliphatic heterocycles. The molecule has 5 heteroatoms. The summed E-state index contributed by atoms with van der Waals surface area (Å²) in [5.41, 5.74) is 6.65. The van der Waals surface area contributed by atoms with Gasteiger partial charge in [0, 0.05) is 17.6 Å². The summed E-state index contributed by atoms with van der Waals surface area (Å²) in [7, 11) is 0. The molecule has 1 aromatic carbocycles. The number of nitrogens with two attached hydrogens (primary N) is 1. The molecule has 4 nitrogen and oxygen atoms in total. The van der Waals surface area contributed by atoms with Crippen molar-refractivity contribution >= 4 is 21.8 Å². The molecule has 0 aromatic heterocycles. The van der Waals surface area contributed by atoms with Crippen LogP contribution in [0.5, 0.6) is 0 Å². The zero-order valence-corrected chi connectivity index (χ0v) is 13.3. The Morgan fingerprint density at radius 3 is 2.90 bits per heavy atom. The van der Waals surface area contributed by atoms with E-state index in [2.05, 4.69) is 39.0 Å². The second-order valence-corrected chi connectivity index (χ2v) is 6.15. The van der Waals surface area contributed by atoms with E-state index < -0.39 is 6.10 Å². The molecule has 0 aliphatic carbocycles. The Kier molecular flexibility index (Phi) is 5.57. The number of carbonyl (C=O) groups is 1. The summed E-state index contributed by atoms with van der Waals surface area (Å²) in [6.45, 7) is 4.41. The van der Waals surface area contributed by atoms with Gasteiger partial charge in [-0.05, 0) is 37.9 Å². The lowest BCUT2D eigenvalue weighted by atomic mass is 10.1. The number of aryl methyl sites for hydroxylation is 1. The number of benzene rings is 1. The molecule has 1 aromatic rings. The van der Waals surface area contributed by atoms with Crippen molar-refractivity contribution in [1.29, 1.82) is 0 Å². The maximum atomic E-state index is 11.2. The highest BCUT2D eigenvalue weighted by Crippen LogP contribution is 2.18. The number of nitrogens with zero attached hydrogens (tertiary/aromatic N) is 1. The minimum atomic E-state index is -0.470. The van der Waals surface area contributed by atoms with E-state index in [1.165, 1.54) is 5.56 Å². The zero-order chi connectivity index (χ0) is 14.5. The van der Waals surface area contributed by atoms with Gasteiger partial charge in [0.05, 0.1) is 6.10 Å². The topological polar surface area (TPSA) is 55.6 Å². The monoisotopic (exact) mass is 340 g/mol. The van der Waals surface area contributed by atoms with Crippen molar-refractivity contribution in [2.75, 3.05) is 19.6 Å². The van der Waals surface area contributed by atoms with E-state index in [4.69, 9.17) is 10.5 Å².